The van der Waals surface area contributed by atoms with Crippen molar-refractivity contribution in [3.63, 3.8) is 0 Å². The number of carbonyl (C=O) groups is 2. The van der Waals surface area contributed by atoms with Gasteiger partial charge in [0.2, 0.25) is 0 Å². The van der Waals surface area contributed by atoms with E-state index in [2.05, 4.69) is 41.2 Å². The number of amides is 2. The van der Waals surface area contributed by atoms with Gasteiger partial charge >= 0.3 is 0 Å². The highest BCUT2D eigenvalue weighted by atomic mass is 16.2. The van der Waals surface area contributed by atoms with Crippen LogP contribution in [0.4, 0.5) is 11.4 Å². The largest absolute Gasteiger partial charge is 0.372 e. The Hall–Kier alpha value is -3.08. The fourth-order valence-corrected chi connectivity index (χ4v) is 3.27. The predicted octanol–water partition coefficient (Wildman–Crippen LogP) is 4.09. The molecule has 1 aliphatic rings. The van der Waals surface area contributed by atoms with E-state index in [4.69, 9.17) is 0 Å². The summed E-state index contributed by atoms with van der Waals surface area (Å²) in [5.41, 5.74) is 2.97. The van der Waals surface area contributed by atoms with Gasteiger partial charge in [-0.2, -0.15) is 0 Å². The molecule has 0 spiro atoms. The summed E-state index contributed by atoms with van der Waals surface area (Å²) in [6.45, 7) is 8.45. The van der Waals surface area contributed by atoms with Crippen LogP contribution >= 0.6 is 0 Å². The minimum absolute atomic E-state index is 0.186. The van der Waals surface area contributed by atoms with E-state index in [0.29, 0.717) is 17.7 Å². The van der Waals surface area contributed by atoms with Gasteiger partial charge in [0.25, 0.3) is 11.8 Å². The third-order valence-corrected chi connectivity index (χ3v) is 5.09. The molecule has 0 unspecified atom stereocenters. The molecular weight excluding hydrogens is 350 g/mol. The monoisotopic (exact) mass is 377 g/mol. The maximum atomic E-state index is 12.5. The van der Waals surface area contributed by atoms with E-state index in [9.17, 15) is 9.59 Å². The molecule has 1 aliphatic heterocycles. The minimum atomic E-state index is -0.197. The minimum Gasteiger partial charge on any atom is -0.372 e. The first-order valence-electron chi connectivity index (χ1n) is 9.72. The van der Waals surface area contributed by atoms with E-state index in [-0.39, 0.29) is 11.8 Å². The zero-order chi connectivity index (χ0) is 19.9. The zero-order valence-corrected chi connectivity index (χ0v) is 16.3. The lowest BCUT2D eigenvalue weighted by Gasteiger charge is -2.32. The van der Waals surface area contributed by atoms with Gasteiger partial charge in [-0.25, -0.2) is 0 Å². The average Bonchev–Trinajstić information content (AvgIpc) is 2.73. The Balaban J connectivity index is 1.58. The number of nitrogens with one attached hydrogen (secondary N) is 2. The lowest BCUT2D eigenvalue weighted by molar-refractivity contribution is 0.0956. The van der Waals surface area contributed by atoms with Crippen molar-refractivity contribution in [2.75, 3.05) is 29.9 Å². The summed E-state index contributed by atoms with van der Waals surface area (Å²) < 4.78 is 0. The van der Waals surface area contributed by atoms with E-state index in [1.165, 1.54) is 18.5 Å². The number of anilines is 2. The SMILES string of the molecule is C=CCNC(=O)c1ccc(C(=O)Nc2ccc(N3CCC(C)CC3)cc2)cc1. The molecule has 0 radical (unpaired) electrons. The van der Waals surface area contributed by atoms with Gasteiger partial charge in [0.15, 0.2) is 0 Å². The van der Waals surface area contributed by atoms with Gasteiger partial charge in [-0.05, 0) is 67.3 Å². The maximum Gasteiger partial charge on any atom is 0.255 e. The van der Waals surface area contributed by atoms with Crippen LogP contribution in [-0.4, -0.2) is 31.4 Å². The fourth-order valence-electron chi connectivity index (χ4n) is 3.27. The maximum absolute atomic E-state index is 12.5. The van der Waals surface area contributed by atoms with Crippen LogP contribution in [0.1, 0.15) is 40.5 Å². The number of carbonyl (C=O) groups excluding carboxylic acids is 2. The van der Waals surface area contributed by atoms with Gasteiger partial charge in [0.1, 0.15) is 0 Å². The van der Waals surface area contributed by atoms with Crippen molar-refractivity contribution in [1.29, 1.82) is 0 Å². The highest BCUT2D eigenvalue weighted by Gasteiger charge is 2.16. The third kappa shape index (κ3) is 5.00. The van der Waals surface area contributed by atoms with Crippen LogP contribution in [0.3, 0.4) is 0 Å². The Morgan fingerprint density at radius 1 is 1.00 bits per heavy atom. The molecule has 1 saturated heterocycles. The summed E-state index contributed by atoms with van der Waals surface area (Å²) in [4.78, 5) is 26.7. The quantitative estimate of drug-likeness (QED) is 0.746. The Bertz CT molecular complexity index is 820. The molecule has 0 saturated carbocycles. The summed E-state index contributed by atoms with van der Waals surface area (Å²) in [7, 11) is 0. The Morgan fingerprint density at radius 3 is 2.14 bits per heavy atom. The molecule has 0 aromatic heterocycles. The normalized spacial score (nSPS) is 14.4. The topological polar surface area (TPSA) is 61.4 Å². The molecule has 5 nitrogen and oxygen atoms in total. The Kier molecular flexibility index (Phi) is 6.48. The molecule has 2 amide bonds. The van der Waals surface area contributed by atoms with Crippen molar-refractivity contribution < 1.29 is 9.59 Å². The van der Waals surface area contributed by atoms with Crippen LogP contribution < -0.4 is 15.5 Å². The first-order chi connectivity index (χ1) is 13.6. The molecule has 0 aliphatic carbocycles. The summed E-state index contributed by atoms with van der Waals surface area (Å²) in [6, 6.07) is 14.6. The van der Waals surface area contributed by atoms with Gasteiger partial charge < -0.3 is 15.5 Å². The zero-order valence-electron chi connectivity index (χ0n) is 16.3. The summed E-state index contributed by atoms with van der Waals surface area (Å²) in [6.07, 6.45) is 4.07. The molecule has 2 aromatic carbocycles. The third-order valence-electron chi connectivity index (χ3n) is 5.09. The Morgan fingerprint density at radius 2 is 1.57 bits per heavy atom. The standard InChI is InChI=1S/C23H27N3O2/c1-3-14-24-22(27)18-4-6-19(7-5-18)23(28)25-20-8-10-21(11-9-20)26-15-12-17(2)13-16-26/h3-11,17H,1,12-16H2,2H3,(H,24,27)(H,25,28). The van der Waals surface area contributed by atoms with Crippen LogP contribution in [0.5, 0.6) is 0 Å². The average molecular weight is 377 g/mol. The van der Waals surface area contributed by atoms with Crippen molar-refractivity contribution >= 4 is 23.2 Å². The van der Waals surface area contributed by atoms with Crippen molar-refractivity contribution in [2.24, 2.45) is 5.92 Å². The molecule has 0 bridgehead atoms. The summed E-state index contributed by atoms with van der Waals surface area (Å²) >= 11 is 0. The lowest BCUT2D eigenvalue weighted by atomic mass is 9.99. The molecule has 3 rings (SSSR count). The molecule has 0 atom stereocenters. The summed E-state index contributed by atoms with van der Waals surface area (Å²) in [5, 5.41) is 5.62. The highest BCUT2D eigenvalue weighted by molar-refractivity contribution is 6.05. The molecule has 1 fully saturated rings. The number of hydrogen-bond acceptors (Lipinski definition) is 3. The van der Waals surface area contributed by atoms with Gasteiger partial charge in [-0.3, -0.25) is 9.59 Å². The molecule has 146 valence electrons. The second-order valence-electron chi connectivity index (χ2n) is 7.25. The molecule has 28 heavy (non-hydrogen) atoms. The van der Waals surface area contributed by atoms with Gasteiger partial charge in [0.05, 0.1) is 0 Å². The fraction of sp³-hybridized carbons (Fsp3) is 0.304. The number of benzene rings is 2. The highest BCUT2D eigenvalue weighted by Crippen LogP contribution is 2.24. The Labute approximate surface area is 166 Å². The number of rotatable bonds is 6. The predicted molar refractivity (Wildman–Crippen MR) is 114 cm³/mol. The van der Waals surface area contributed by atoms with Gasteiger partial charge in [-0.1, -0.05) is 13.0 Å². The van der Waals surface area contributed by atoms with Crippen LogP contribution in [0, 0.1) is 5.92 Å². The number of nitrogens with zero attached hydrogens (tertiary/aromatic N) is 1. The second kappa shape index (κ2) is 9.22. The van der Waals surface area contributed by atoms with Crippen LogP contribution in [0.2, 0.25) is 0 Å². The molecule has 1 heterocycles. The van der Waals surface area contributed by atoms with Crippen molar-refractivity contribution in [2.45, 2.75) is 19.8 Å². The van der Waals surface area contributed by atoms with E-state index >= 15 is 0 Å². The lowest BCUT2D eigenvalue weighted by Crippen LogP contribution is -2.32. The van der Waals surface area contributed by atoms with Gasteiger partial charge in [-0.15, -0.1) is 6.58 Å². The molecule has 2 N–H and O–H groups in total. The molecule has 5 heteroatoms. The van der Waals surface area contributed by atoms with Gasteiger partial charge in [0, 0.05) is 42.1 Å². The van der Waals surface area contributed by atoms with E-state index in [1.807, 2.05) is 12.1 Å². The van der Waals surface area contributed by atoms with E-state index in [0.717, 1.165) is 24.7 Å². The number of hydrogen-bond donors (Lipinski definition) is 2. The van der Waals surface area contributed by atoms with Crippen molar-refractivity contribution in [3.05, 3.63) is 72.3 Å². The van der Waals surface area contributed by atoms with E-state index < -0.39 is 0 Å². The van der Waals surface area contributed by atoms with E-state index in [1.54, 1.807) is 30.3 Å². The first kappa shape index (κ1) is 19.7. The molecular formula is C23H27N3O2. The van der Waals surface area contributed by atoms with Crippen LogP contribution in [0.25, 0.3) is 0 Å². The van der Waals surface area contributed by atoms with Crippen molar-refractivity contribution in [1.82, 2.24) is 5.32 Å². The number of piperidine rings is 1. The van der Waals surface area contributed by atoms with Crippen LogP contribution in [-0.2, 0) is 0 Å². The molecule has 2 aromatic rings. The second-order valence-corrected chi connectivity index (χ2v) is 7.25. The van der Waals surface area contributed by atoms with Crippen molar-refractivity contribution in [3.8, 4) is 0 Å². The van der Waals surface area contributed by atoms with Crippen LogP contribution in [0.15, 0.2) is 61.2 Å². The summed E-state index contributed by atoms with van der Waals surface area (Å²) in [5.74, 6) is 0.418. The first-order valence-corrected chi connectivity index (χ1v) is 9.72. The smallest absolute Gasteiger partial charge is 0.255 e.